The summed E-state index contributed by atoms with van der Waals surface area (Å²) < 4.78 is 7.03. The summed E-state index contributed by atoms with van der Waals surface area (Å²) in [5.41, 5.74) is 5.20. The Hall–Kier alpha value is -3.12. The van der Waals surface area contributed by atoms with E-state index in [0.717, 1.165) is 58.0 Å². The second kappa shape index (κ2) is 13.1. The molecule has 1 fully saturated rings. The highest BCUT2D eigenvalue weighted by molar-refractivity contribution is 9.10. The number of halogens is 1. The van der Waals surface area contributed by atoms with Crippen molar-refractivity contribution in [3.63, 3.8) is 0 Å². The van der Waals surface area contributed by atoms with Crippen LogP contribution in [-0.2, 0) is 22.6 Å². The highest BCUT2D eigenvalue weighted by Gasteiger charge is 2.32. The number of hydrogen-bond donors (Lipinski definition) is 1. The van der Waals surface area contributed by atoms with Crippen molar-refractivity contribution in [3.8, 4) is 5.75 Å². The van der Waals surface area contributed by atoms with Crippen LogP contribution in [0.15, 0.2) is 71.2 Å². The Morgan fingerprint density at radius 3 is 2.24 bits per heavy atom. The monoisotopic (exact) mass is 576 g/mol. The summed E-state index contributed by atoms with van der Waals surface area (Å²) >= 11 is 3.59. The van der Waals surface area contributed by atoms with E-state index in [2.05, 4.69) is 21.2 Å². The van der Waals surface area contributed by atoms with Crippen molar-refractivity contribution < 1.29 is 14.3 Å². The topological polar surface area (TPSA) is 58.6 Å². The minimum absolute atomic E-state index is 0.0991. The second-order valence-corrected chi connectivity index (χ2v) is 11.1. The summed E-state index contributed by atoms with van der Waals surface area (Å²) in [7, 11) is 0. The molecule has 1 N–H and O–H groups in total. The molecular formula is C32H37BrN2O3. The third-order valence-electron chi connectivity index (χ3n) is 7.35. The van der Waals surface area contributed by atoms with Gasteiger partial charge in [0.25, 0.3) is 5.91 Å². The number of ether oxygens (including phenoxy) is 1. The van der Waals surface area contributed by atoms with E-state index < -0.39 is 6.04 Å². The molecule has 0 heterocycles. The molecule has 6 heteroatoms. The molecule has 1 aliphatic carbocycles. The lowest BCUT2D eigenvalue weighted by Crippen LogP contribution is -2.53. The Balaban J connectivity index is 1.63. The number of benzene rings is 3. The molecule has 1 atom stereocenters. The maximum atomic E-state index is 13.9. The number of hydrogen-bond acceptors (Lipinski definition) is 3. The number of nitrogens with one attached hydrogen (secondary N) is 1. The van der Waals surface area contributed by atoms with Gasteiger partial charge >= 0.3 is 0 Å². The maximum absolute atomic E-state index is 13.9. The van der Waals surface area contributed by atoms with Crippen LogP contribution in [-0.4, -0.2) is 35.4 Å². The zero-order valence-corrected chi connectivity index (χ0v) is 24.1. The predicted octanol–water partition coefficient (Wildman–Crippen LogP) is 6.45. The van der Waals surface area contributed by atoms with Crippen LogP contribution in [0.4, 0.5) is 0 Å². The van der Waals surface area contributed by atoms with Crippen LogP contribution >= 0.6 is 15.9 Å². The first-order chi connectivity index (χ1) is 18.3. The first-order valence-corrected chi connectivity index (χ1v) is 14.2. The minimum atomic E-state index is -0.651. The van der Waals surface area contributed by atoms with Gasteiger partial charge in [-0.25, -0.2) is 0 Å². The summed E-state index contributed by atoms with van der Waals surface area (Å²) in [6.45, 7) is 6.23. The van der Waals surface area contributed by atoms with Crippen molar-refractivity contribution in [2.45, 2.75) is 71.5 Å². The molecule has 38 heavy (non-hydrogen) atoms. The van der Waals surface area contributed by atoms with Gasteiger partial charge in [-0.3, -0.25) is 9.59 Å². The van der Waals surface area contributed by atoms with Gasteiger partial charge in [-0.1, -0.05) is 83.4 Å². The van der Waals surface area contributed by atoms with E-state index in [1.807, 2.05) is 87.5 Å². The number of nitrogens with zero attached hydrogens (tertiary/aromatic N) is 1. The standard InChI is InChI=1S/C32H37BrN2O3/c1-22-11-7-8-14-26(22)20-35(30(36)21-38-28-17-23(2)31(33)24(3)18-28)29(19-25-12-5-4-6-13-25)32(37)34-27-15-9-10-16-27/h4-8,11-14,17-18,27,29H,9-10,15-16,19-21H2,1-3H3,(H,34,37)/t29-/m0/s1. The molecule has 0 radical (unpaired) electrons. The molecule has 0 unspecified atom stereocenters. The van der Waals surface area contributed by atoms with E-state index in [0.29, 0.717) is 18.7 Å². The lowest BCUT2D eigenvalue weighted by Gasteiger charge is -2.32. The average molecular weight is 578 g/mol. The molecule has 5 nitrogen and oxygen atoms in total. The van der Waals surface area contributed by atoms with E-state index in [1.165, 1.54) is 0 Å². The molecule has 1 aliphatic rings. The Kier molecular flexibility index (Phi) is 9.62. The zero-order chi connectivity index (χ0) is 27.1. The van der Waals surface area contributed by atoms with Gasteiger partial charge in [0.2, 0.25) is 5.91 Å². The fourth-order valence-corrected chi connectivity index (χ4v) is 5.34. The fourth-order valence-electron chi connectivity index (χ4n) is 5.11. The normalized spacial score (nSPS) is 14.2. The lowest BCUT2D eigenvalue weighted by atomic mass is 10.0. The summed E-state index contributed by atoms with van der Waals surface area (Å²) in [5, 5.41) is 3.25. The summed E-state index contributed by atoms with van der Waals surface area (Å²) in [4.78, 5) is 29.3. The molecule has 1 saturated carbocycles. The van der Waals surface area contributed by atoms with Crippen LogP contribution in [0.25, 0.3) is 0 Å². The Bertz CT molecular complexity index is 1230. The second-order valence-electron chi connectivity index (χ2n) is 10.3. The first-order valence-electron chi connectivity index (χ1n) is 13.4. The van der Waals surface area contributed by atoms with E-state index >= 15 is 0 Å². The smallest absolute Gasteiger partial charge is 0.261 e. The van der Waals surface area contributed by atoms with Gasteiger partial charge in [0.05, 0.1) is 0 Å². The van der Waals surface area contributed by atoms with Gasteiger partial charge in [-0.2, -0.15) is 0 Å². The van der Waals surface area contributed by atoms with Gasteiger partial charge in [0, 0.05) is 23.5 Å². The Morgan fingerprint density at radius 2 is 1.58 bits per heavy atom. The average Bonchev–Trinajstić information content (AvgIpc) is 3.42. The van der Waals surface area contributed by atoms with Gasteiger partial charge in [-0.05, 0) is 73.6 Å². The SMILES string of the molecule is Cc1ccccc1CN(C(=O)COc1cc(C)c(Br)c(C)c1)[C@@H](Cc1ccccc1)C(=O)NC1CCCC1. The summed E-state index contributed by atoms with van der Waals surface area (Å²) in [6.07, 6.45) is 4.66. The largest absolute Gasteiger partial charge is 0.484 e. The molecule has 3 aromatic carbocycles. The molecule has 0 spiro atoms. The lowest BCUT2D eigenvalue weighted by molar-refractivity contribution is -0.143. The molecule has 4 rings (SSSR count). The van der Waals surface area contributed by atoms with Crippen LogP contribution in [0.2, 0.25) is 0 Å². The van der Waals surface area contributed by atoms with Crippen LogP contribution in [0.3, 0.4) is 0 Å². The predicted molar refractivity (Wildman–Crippen MR) is 155 cm³/mol. The van der Waals surface area contributed by atoms with Crippen molar-refractivity contribution in [1.82, 2.24) is 10.2 Å². The molecule has 0 aromatic heterocycles. The molecular weight excluding hydrogens is 540 g/mol. The van der Waals surface area contributed by atoms with Crippen molar-refractivity contribution in [2.75, 3.05) is 6.61 Å². The molecule has 0 bridgehead atoms. The Labute approximate surface area is 234 Å². The van der Waals surface area contributed by atoms with Crippen LogP contribution in [0.5, 0.6) is 5.75 Å². The molecule has 0 aliphatic heterocycles. The van der Waals surface area contributed by atoms with Crippen molar-refractivity contribution >= 4 is 27.7 Å². The Morgan fingerprint density at radius 1 is 0.947 bits per heavy atom. The van der Waals surface area contributed by atoms with Gasteiger partial charge in [0.15, 0.2) is 6.61 Å². The van der Waals surface area contributed by atoms with Crippen molar-refractivity contribution in [1.29, 1.82) is 0 Å². The van der Waals surface area contributed by atoms with E-state index in [4.69, 9.17) is 4.74 Å². The molecule has 200 valence electrons. The molecule has 0 saturated heterocycles. The minimum Gasteiger partial charge on any atom is -0.484 e. The van der Waals surface area contributed by atoms with Crippen LogP contribution in [0.1, 0.15) is 53.5 Å². The third-order valence-corrected chi connectivity index (χ3v) is 8.60. The fraction of sp³-hybridized carbons (Fsp3) is 0.375. The number of aryl methyl sites for hydroxylation is 3. The quantitative estimate of drug-likeness (QED) is 0.301. The number of carbonyl (C=O) groups is 2. The molecule has 3 aromatic rings. The van der Waals surface area contributed by atoms with E-state index in [1.54, 1.807) is 4.90 Å². The first kappa shape index (κ1) is 27.9. The van der Waals surface area contributed by atoms with Crippen molar-refractivity contribution in [2.24, 2.45) is 0 Å². The van der Waals surface area contributed by atoms with Crippen LogP contribution in [0, 0.1) is 20.8 Å². The van der Waals surface area contributed by atoms with E-state index in [-0.39, 0.29) is 24.5 Å². The van der Waals surface area contributed by atoms with Crippen molar-refractivity contribution in [3.05, 3.63) is 99.0 Å². The van der Waals surface area contributed by atoms with Gasteiger partial charge in [-0.15, -0.1) is 0 Å². The van der Waals surface area contributed by atoms with E-state index in [9.17, 15) is 9.59 Å². The summed E-state index contributed by atoms with van der Waals surface area (Å²) in [5.74, 6) is 0.328. The highest BCUT2D eigenvalue weighted by atomic mass is 79.9. The van der Waals surface area contributed by atoms with Crippen LogP contribution < -0.4 is 10.1 Å². The number of carbonyl (C=O) groups excluding carboxylic acids is 2. The number of amides is 2. The zero-order valence-electron chi connectivity index (χ0n) is 22.5. The molecule has 2 amide bonds. The summed E-state index contributed by atoms with van der Waals surface area (Å²) in [6, 6.07) is 21.3. The third kappa shape index (κ3) is 7.25. The van der Waals surface area contributed by atoms with Gasteiger partial charge in [0.1, 0.15) is 11.8 Å². The highest BCUT2D eigenvalue weighted by Crippen LogP contribution is 2.27. The van der Waals surface area contributed by atoms with Gasteiger partial charge < -0.3 is 15.0 Å². The maximum Gasteiger partial charge on any atom is 0.261 e. The number of rotatable bonds is 10.